The number of benzene rings is 2. The van der Waals surface area contributed by atoms with Crippen LogP contribution in [-0.2, 0) is 12.1 Å². The maximum absolute atomic E-state index is 9.92. The van der Waals surface area contributed by atoms with E-state index in [9.17, 15) is 5.11 Å². The Bertz CT molecular complexity index is 1070. The van der Waals surface area contributed by atoms with Gasteiger partial charge >= 0.3 is 0 Å². The number of pyridine rings is 1. The average molecular weight is 435 g/mol. The molecule has 1 unspecified atom stereocenters. The first-order chi connectivity index (χ1) is 15.0. The zero-order valence-electron chi connectivity index (χ0n) is 17.6. The van der Waals surface area contributed by atoms with Crippen LogP contribution >= 0.6 is 11.6 Å². The van der Waals surface area contributed by atoms with Gasteiger partial charge in [0.15, 0.2) is 5.96 Å². The van der Waals surface area contributed by atoms with Gasteiger partial charge in [0.05, 0.1) is 17.8 Å². The van der Waals surface area contributed by atoms with Gasteiger partial charge in [0.25, 0.3) is 0 Å². The largest absolute Gasteiger partial charge is 0.376 e. The lowest BCUT2D eigenvalue weighted by Crippen LogP contribution is -2.40. The van der Waals surface area contributed by atoms with Crippen molar-refractivity contribution in [3.63, 3.8) is 0 Å². The minimum Gasteiger partial charge on any atom is -0.376 e. The highest BCUT2D eigenvalue weighted by molar-refractivity contribution is 6.30. The molecule has 31 heavy (non-hydrogen) atoms. The Morgan fingerprint density at radius 2 is 1.87 bits per heavy atom. The number of aromatic nitrogens is 1. The van der Waals surface area contributed by atoms with Crippen LogP contribution in [0.3, 0.4) is 0 Å². The zero-order valence-corrected chi connectivity index (χ0v) is 18.3. The van der Waals surface area contributed by atoms with E-state index in [0.717, 1.165) is 35.2 Å². The molecule has 0 aliphatic heterocycles. The number of nitrogens with zero attached hydrogens (tertiary/aromatic N) is 3. The molecule has 0 amide bonds. The van der Waals surface area contributed by atoms with Crippen molar-refractivity contribution in [1.82, 2.24) is 9.88 Å². The van der Waals surface area contributed by atoms with Gasteiger partial charge in [-0.2, -0.15) is 0 Å². The van der Waals surface area contributed by atoms with Crippen LogP contribution in [0.5, 0.6) is 0 Å². The molecule has 1 aromatic heterocycles. The van der Waals surface area contributed by atoms with Crippen LogP contribution in [0.25, 0.3) is 11.1 Å². The molecule has 0 bridgehead atoms. The van der Waals surface area contributed by atoms with Crippen LogP contribution in [0.15, 0.2) is 77.9 Å². The van der Waals surface area contributed by atoms with E-state index in [4.69, 9.17) is 22.3 Å². The normalized spacial score (nSPS) is 16.0. The summed E-state index contributed by atoms with van der Waals surface area (Å²) in [6.07, 6.45) is 3.94. The van der Waals surface area contributed by atoms with Gasteiger partial charge in [-0.3, -0.25) is 4.98 Å². The van der Waals surface area contributed by atoms with Crippen molar-refractivity contribution in [2.24, 2.45) is 16.6 Å². The minimum atomic E-state index is -0.476. The number of hydrogen-bond acceptors (Lipinski definition) is 3. The first kappa shape index (κ1) is 21.3. The molecule has 1 aliphatic rings. The maximum Gasteiger partial charge on any atom is 0.194 e. The zero-order chi connectivity index (χ0) is 21.8. The summed E-state index contributed by atoms with van der Waals surface area (Å²) in [7, 11) is 0. The minimum absolute atomic E-state index is 0.227. The van der Waals surface area contributed by atoms with Gasteiger partial charge in [-0.25, -0.2) is 4.99 Å². The van der Waals surface area contributed by atoms with Crippen molar-refractivity contribution in [3.8, 4) is 11.1 Å². The Morgan fingerprint density at radius 3 is 2.52 bits per heavy atom. The molecular formula is C25H27ClN4O. The van der Waals surface area contributed by atoms with Crippen LogP contribution in [0.4, 0.5) is 0 Å². The van der Waals surface area contributed by atoms with E-state index in [1.165, 1.54) is 0 Å². The fourth-order valence-corrected chi connectivity index (χ4v) is 4.11. The highest BCUT2D eigenvalue weighted by Crippen LogP contribution is 2.49. The second kappa shape index (κ2) is 9.08. The molecule has 3 aromatic rings. The van der Waals surface area contributed by atoms with Gasteiger partial charge in [0.2, 0.25) is 0 Å². The monoisotopic (exact) mass is 434 g/mol. The summed E-state index contributed by atoms with van der Waals surface area (Å²) < 4.78 is 0. The second-order valence-electron chi connectivity index (χ2n) is 8.14. The summed E-state index contributed by atoms with van der Waals surface area (Å²) in [5, 5.41) is 10.6. The number of aliphatic hydroxyl groups excluding tert-OH is 1. The first-order valence-electron chi connectivity index (χ1n) is 10.5. The number of hydrogen-bond donors (Lipinski definition) is 2. The summed E-state index contributed by atoms with van der Waals surface area (Å²) in [6, 6.07) is 21.9. The van der Waals surface area contributed by atoms with Gasteiger partial charge in [-0.1, -0.05) is 48.0 Å². The second-order valence-corrected chi connectivity index (χ2v) is 8.58. The van der Waals surface area contributed by atoms with Gasteiger partial charge < -0.3 is 15.7 Å². The molecule has 0 radical (unpaired) electrons. The van der Waals surface area contributed by atoms with E-state index < -0.39 is 5.54 Å². The van der Waals surface area contributed by atoms with Gasteiger partial charge in [-0.15, -0.1) is 0 Å². The smallest absolute Gasteiger partial charge is 0.194 e. The van der Waals surface area contributed by atoms with E-state index >= 15 is 0 Å². The Hall–Kier alpha value is -2.89. The van der Waals surface area contributed by atoms with Gasteiger partial charge in [0.1, 0.15) is 6.73 Å². The highest BCUT2D eigenvalue weighted by atomic mass is 35.5. The molecule has 0 spiro atoms. The van der Waals surface area contributed by atoms with Crippen LogP contribution in [-0.4, -0.2) is 27.7 Å². The standard InChI is InChI=1S/C25H27ClN4O/c1-25(20-11-12-20,29-24(27)30(17-31)16-23-10-2-3-13-28-23)21-8-4-6-18(14-21)19-7-5-9-22(26)15-19/h2-10,13-15,20,31H,11-12,16-17H2,1H3,(H2,27,29). The Kier molecular flexibility index (Phi) is 6.25. The molecule has 1 fully saturated rings. The number of nitrogens with two attached hydrogens (primary N) is 1. The molecule has 6 heteroatoms. The Labute approximate surface area is 188 Å². The molecule has 1 aliphatic carbocycles. The maximum atomic E-state index is 9.92. The van der Waals surface area contributed by atoms with Gasteiger partial charge in [0, 0.05) is 11.2 Å². The van der Waals surface area contributed by atoms with Crippen molar-refractivity contribution in [1.29, 1.82) is 0 Å². The van der Waals surface area contributed by atoms with E-state index in [2.05, 4.69) is 42.2 Å². The average Bonchev–Trinajstić information content (AvgIpc) is 3.64. The van der Waals surface area contributed by atoms with Crippen molar-refractivity contribution >= 4 is 17.6 Å². The number of halogens is 1. The van der Waals surface area contributed by atoms with Crippen LogP contribution < -0.4 is 5.73 Å². The van der Waals surface area contributed by atoms with Crippen LogP contribution in [0.2, 0.25) is 5.02 Å². The molecule has 1 heterocycles. The highest BCUT2D eigenvalue weighted by Gasteiger charge is 2.43. The first-order valence-corrected chi connectivity index (χ1v) is 10.8. The molecular weight excluding hydrogens is 408 g/mol. The van der Waals surface area contributed by atoms with E-state index in [1.807, 2.05) is 36.4 Å². The molecule has 4 rings (SSSR count). The summed E-state index contributed by atoms with van der Waals surface area (Å²) in [5.74, 6) is 0.728. The molecule has 1 saturated carbocycles. The summed E-state index contributed by atoms with van der Waals surface area (Å²) in [6.45, 7) is 2.30. The third-order valence-corrected chi connectivity index (χ3v) is 6.13. The lowest BCUT2D eigenvalue weighted by molar-refractivity contribution is 0.161. The van der Waals surface area contributed by atoms with Crippen molar-refractivity contribution in [3.05, 3.63) is 89.2 Å². The predicted molar refractivity (Wildman–Crippen MR) is 125 cm³/mol. The SMILES string of the molecule is CC(N=C(N)N(CO)Cc1ccccn1)(c1cccc(-c2cccc(Cl)c2)c1)C1CC1. The third kappa shape index (κ3) is 4.89. The molecule has 1 atom stereocenters. The molecule has 160 valence electrons. The Morgan fingerprint density at radius 1 is 1.13 bits per heavy atom. The molecule has 0 saturated heterocycles. The fraction of sp³-hybridized carbons (Fsp3) is 0.280. The fourth-order valence-electron chi connectivity index (χ4n) is 3.92. The quantitative estimate of drug-likeness (QED) is 0.318. The summed E-state index contributed by atoms with van der Waals surface area (Å²) in [4.78, 5) is 10.9. The number of guanidine groups is 1. The van der Waals surface area contributed by atoms with Crippen LogP contribution in [0, 0.1) is 5.92 Å². The van der Waals surface area contributed by atoms with Gasteiger partial charge in [-0.05, 0) is 72.7 Å². The lowest BCUT2D eigenvalue weighted by Gasteiger charge is -2.30. The van der Waals surface area contributed by atoms with Crippen molar-refractivity contribution in [2.75, 3.05) is 6.73 Å². The van der Waals surface area contributed by atoms with E-state index in [-0.39, 0.29) is 6.73 Å². The number of rotatable bonds is 7. The predicted octanol–water partition coefficient (Wildman–Crippen LogP) is 4.79. The summed E-state index contributed by atoms with van der Waals surface area (Å²) >= 11 is 6.20. The topological polar surface area (TPSA) is 74.7 Å². The summed E-state index contributed by atoms with van der Waals surface area (Å²) in [5.41, 5.74) is 10.0. The third-order valence-electron chi connectivity index (χ3n) is 5.90. The molecule has 5 nitrogen and oxygen atoms in total. The lowest BCUT2D eigenvalue weighted by atomic mass is 9.86. The van der Waals surface area contributed by atoms with E-state index in [0.29, 0.717) is 23.4 Å². The molecule has 3 N–H and O–H groups in total. The molecule has 2 aromatic carbocycles. The Balaban J connectivity index is 1.66. The number of aliphatic imine (C=N–C) groups is 1. The van der Waals surface area contributed by atoms with E-state index in [1.54, 1.807) is 11.1 Å². The number of aliphatic hydroxyl groups is 1. The van der Waals surface area contributed by atoms with Crippen LogP contribution in [0.1, 0.15) is 31.0 Å². The van der Waals surface area contributed by atoms with Crippen molar-refractivity contribution in [2.45, 2.75) is 31.8 Å². The van der Waals surface area contributed by atoms with Crippen molar-refractivity contribution < 1.29 is 5.11 Å².